The monoisotopic (exact) mass is 352 g/mol. The zero-order chi connectivity index (χ0) is 16.3. The van der Waals surface area contributed by atoms with Crippen molar-refractivity contribution in [2.24, 2.45) is 0 Å². The Morgan fingerprint density at radius 2 is 1.41 bits per heavy atom. The molecule has 0 aliphatic rings. The van der Waals surface area contributed by atoms with E-state index in [9.17, 15) is 0 Å². The van der Waals surface area contributed by atoms with Crippen LogP contribution in [-0.2, 0) is 5.41 Å². The first-order chi connectivity index (χ1) is 10.3. The van der Waals surface area contributed by atoms with Crippen molar-refractivity contribution in [3.8, 4) is 0 Å². The summed E-state index contributed by atoms with van der Waals surface area (Å²) in [5.74, 6) is 0. The van der Waals surface area contributed by atoms with Gasteiger partial charge in [-0.25, -0.2) is 0 Å². The largest absolute Gasteiger partial charge is 0.332 e. The third kappa shape index (κ3) is 4.60. The lowest BCUT2D eigenvalue weighted by atomic mass is 9.87. The summed E-state index contributed by atoms with van der Waals surface area (Å²) >= 11 is 17.2. The Kier molecular flexibility index (Phi) is 5.32. The normalized spacial score (nSPS) is 11.1. The van der Waals surface area contributed by atoms with E-state index in [4.69, 9.17) is 35.4 Å². The first kappa shape index (κ1) is 17.1. The van der Waals surface area contributed by atoms with Crippen LogP contribution in [0.3, 0.4) is 0 Å². The van der Waals surface area contributed by atoms with Gasteiger partial charge in [-0.15, -0.1) is 0 Å². The molecular weight excluding hydrogens is 335 g/mol. The Bertz CT molecular complexity index is 676. The number of anilines is 2. The Hall–Kier alpha value is -1.29. The molecule has 116 valence electrons. The summed E-state index contributed by atoms with van der Waals surface area (Å²) in [5.41, 5.74) is 3.14. The van der Waals surface area contributed by atoms with Crippen LogP contribution in [0.15, 0.2) is 42.5 Å². The van der Waals surface area contributed by atoms with Crippen LogP contribution >= 0.6 is 35.4 Å². The van der Waals surface area contributed by atoms with Gasteiger partial charge in [-0.05, 0) is 53.5 Å². The molecule has 0 aliphatic carbocycles. The van der Waals surface area contributed by atoms with Crippen LogP contribution in [0.1, 0.15) is 26.3 Å². The summed E-state index contributed by atoms with van der Waals surface area (Å²) < 4.78 is 0. The number of nitrogens with one attached hydrogen (secondary N) is 2. The molecule has 0 saturated carbocycles. The van der Waals surface area contributed by atoms with E-state index in [2.05, 4.69) is 43.5 Å². The van der Waals surface area contributed by atoms with Crippen molar-refractivity contribution >= 4 is 51.9 Å². The van der Waals surface area contributed by atoms with E-state index in [0.29, 0.717) is 15.2 Å². The van der Waals surface area contributed by atoms with Crippen molar-refractivity contribution in [2.75, 3.05) is 10.6 Å². The SMILES string of the molecule is CC(C)(C)c1ccc(NC(=S)Nc2ccc(Cl)c(Cl)c2)cc1. The Morgan fingerprint density at radius 3 is 1.95 bits per heavy atom. The predicted molar refractivity (Wildman–Crippen MR) is 101 cm³/mol. The summed E-state index contributed by atoms with van der Waals surface area (Å²) in [6.07, 6.45) is 0. The average Bonchev–Trinajstić information content (AvgIpc) is 2.42. The maximum atomic E-state index is 5.98. The summed E-state index contributed by atoms with van der Waals surface area (Å²) in [7, 11) is 0. The second kappa shape index (κ2) is 6.86. The molecule has 0 unspecified atom stereocenters. The Labute approximate surface area is 146 Å². The summed E-state index contributed by atoms with van der Waals surface area (Å²) in [6.45, 7) is 6.56. The topological polar surface area (TPSA) is 24.1 Å². The molecular formula is C17H18Cl2N2S. The van der Waals surface area contributed by atoms with Crippen LogP contribution in [-0.4, -0.2) is 5.11 Å². The zero-order valence-corrected chi connectivity index (χ0v) is 15.0. The van der Waals surface area contributed by atoms with Gasteiger partial charge >= 0.3 is 0 Å². The van der Waals surface area contributed by atoms with Crippen molar-refractivity contribution in [3.63, 3.8) is 0 Å². The van der Waals surface area contributed by atoms with Gasteiger partial charge < -0.3 is 10.6 Å². The maximum absolute atomic E-state index is 5.98. The highest BCUT2D eigenvalue weighted by atomic mass is 35.5. The van der Waals surface area contributed by atoms with Crippen molar-refractivity contribution in [1.29, 1.82) is 0 Å². The fraction of sp³-hybridized carbons (Fsp3) is 0.235. The molecule has 2 aromatic rings. The van der Waals surface area contributed by atoms with Crippen LogP contribution in [0.25, 0.3) is 0 Å². The lowest BCUT2D eigenvalue weighted by Crippen LogP contribution is -2.19. The molecule has 0 aliphatic heterocycles. The summed E-state index contributed by atoms with van der Waals surface area (Å²) in [4.78, 5) is 0. The minimum atomic E-state index is 0.136. The van der Waals surface area contributed by atoms with Gasteiger partial charge in [0.15, 0.2) is 5.11 Å². The van der Waals surface area contributed by atoms with E-state index < -0.39 is 0 Å². The maximum Gasteiger partial charge on any atom is 0.175 e. The molecule has 0 amide bonds. The minimum Gasteiger partial charge on any atom is -0.332 e. The number of thiocarbonyl (C=S) groups is 1. The molecule has 0 heterocycles. The molecule has 2 aromatic carbocycles. The van der Waals surface area contributed by atoms with Crippen molar-refractivity contribution in [1.82, 2.24) is 0 Å². The van der Waals surface area contributed by atoms with Crippen LogP contribution in [0.5, 0.6) is 0 Å². The molecule has 2 N–H and O–H groups in total. The lowest BCUT2D eigenvalue weighted by molar-refractivity contribution is 0.590. The smallest absolute Gasteiger partial charge is 0.175 e. The molecule has 22 heavy (non-hydrogen) atoms. The van der Waals surface area contributed by atoms with Gasteiger partial charge in [0.1, 0.15) is 0 Å². The third-order valence-corrected chi connectivity index (χ3v) is 4.13. The van der Waals surface area contributed by atoms with E-state index in [1.165, 1.54) is 5.56 Å². The third-order valence-electron chi connectivity index (χ3n) is 3.19. The lowest BCUT2D eigenvalue weighted by Gasteiger charge is -2.19. The predicted octanol–water partition coefficient (Wildman–Crippen LogP) is 6.10. The van der Waals surface area contributed by atoms with Crippen molar-refractivity contribution in [3.05, 3.63) is 58.1 Å². The average molecular weight is 353 g/mol. The molecule has 0 fully saturated rings. The second-order valence-electron chi connectivity index (χ2n) is 6.04. The highest BCUT2D eigenvalue weighted by Crippen LogP contribution is 2.26. The number of halogens is 2. The van der Waals surface area contributed by atoms with Crippen LogP contribution in [0.4, 0.5) is 11.4 Å². The molecule has 0 spiro atoms. The van der Waals surface area contributed by atoms with E-state index in [0.717, 1.165) is 11.4 Å². The quantitative estimate of drug-likeness (QED) is 0.638. The fourth-order valence-corrected chi connectivity index (χ4v) is 2.45. The second-order valence-corrected chi connectivity index (χ2v) is 7.26. The molecule has 2 nitrogen and oxygen atoms in total. The minimum absolute atomic E-state index is 0.136. The molecule has 0 aromatic heterocycles. The van der Waals surface area contributed by atoms with Crippen LogP contribution in [0, 0.1) is 0 Å². The van der Waals surface area contributed by atoms with Gasteiger partial charge in [0, 0.05) is 11.4 Å². The van der Waals surface area contributed by atoms with Crippen molar-refractivity contribution in [2.45, 2.75) is 26.2 Å². The number of benzene rings is 2. The Morgan fingerprint density at radius 1 is 0.864 bits per heavy atom. The van der Waals surface area contributed by atoms with Gasteiger partial charge in [-0.2, -0.15) is 0 Å². The molecule has 0 radical (unpaired) electrons. The van der Waals surface area contributed by atoms with Gasteiger partial charge in [0.05, 0.1) is 10.0 Å². The van der Waals surface area contributed by atoms with Gasteiger partial charge in [0.25, 0.3) is 0 Å². The molecule has 0 saturated heterocycles. The van der Waals surface area contributed by atoms with Gasteiger partial charge in [0.2, 0.25) is 0 Å². The first-order valence-corrected chi connectivity index (χ1v) is 8.06. The van der Waals surface area contributed by atoms with E-state index in [1.54, 1.807) is 12.1 Å². The highest BCUT2D eigenvalue weighted by Gasteiger charge is 2.12. The fourth-order valence-electron chi connectivity index (χ4n) is 1.92. The standard InChI is InChI=1S/C17H18Cl2N2S/c1-17(2,3)11-4-6-12(7-5-11)20-16(22)21-13-8-9-14(18)15(19)10-13/h4-10H,1-3H3,(H2,20,21,22). The number of rotatable bonds is 2. The Balaban J connectivity index is 2.01. The molecule has 0 bridgehead atoms. The summed E-state index contributed by atoms with van der Waals surface area (Å²) in [6, 6.07) is 13.5. The van der Waals surface area contributed by atoms with E-state index in [1.807, 2.05) is 18.2 Å². The molecule has 2 rings (SSSR count). The summed E-state index contributed by atoms with van der Waals surface area (Å²) in [5, 5.41) is 7.74. The number of hydrogen-bond donors (Lipinski definition) is 2. The number of hydrogen-bond acceptors (Lipinski definition) is 1. The van der Waals surface area contributed by atoms with E-state index in [-0.39, 0.29) is 5.41 Å². The molecule has 0 atom stereocenters. The first-order valence-electron chi connectivity index (χ1n) is 6.89. The van der Waals surface area contributed by atoms with Gasteiger partial charge in [-0.3, -0.25) is 0 Å². The van der Waals surface area contributed by atoms with Crippen LogP contribution in [0.2, 0.25) is 10.0 Å². The van der Waals surface area contributed by atoms with E-state index >= 15 is 0 Å². The zero-order valence-electron chi connectivity index (χ0n) is 12.7. The van der Waals surface area contributed by atoms with Gasteiger partial charge in [-0.1, -0.05) is 56.1 Å². The van der Waals surface area contributed by atoms with Crippen LogP contribution < -0.4 is 10.6 Å². The van der Waals surface area contributed by atoms with Crippen molar-refractivity contribution < 1.29 is 0 Å². The molecule has 5 heteroatoms. The highest BCUT2D eigenvalue weighted by molar-refractivity contribution is 7.80.